The van der Waals surface area contributed by atoms with E-state index in [-0.39, 0.29) is 17.8 Å². The lowest BCUT2D eigenvalue weighted by Crippen LogP contribution is -2.30. The summed E-state index contributed by atoms with van der Waals surface area (Å²) in [4.78, 5) is 13.8. The first-order valence-corrected chi connectivity index (χ1v) is 7.16. The Hall–Kier alpha value is -1.33. The highest BCUT2D eigenvalue weighted by molar-refractivity contribution is 5.29. The summed E-state index contributed by atoms with van der Waals surface area (Å²) >= 11 is 0. The molecule has 5 heteroatoms. The monoisotopic (exact) mass is 282 g/mol. The third-order valence-corrected chi connectivity index (χ3v) is 3.38. The first-order chi connectivity index (χ1) is 9.40. The molecule has 0 spiro atoms. The van der Waals surface area contributed by atoms with Crippen molar-refractivity contribution in [1.29, 1.82) is 0 Å². The zero-order valence-corrected chi connectivity index (χ0v) is 12.9. The van der Waals surface area contributed by atoms with E-state index in [1.165, 1.54) is 6.07 Å². The standard InChI is InChI=1S/C15H26N2O3/c1-5-16(6-7-18)10-13-15(20)14(19)8-12(4)17(13)9-11(2)3/h8,11,18,20H,5-7,9-10H2,1-4H3. The summed E-state index contributed by atoms with van der Waals surface area (Å²) < 4.78 is 2.00. The van der Waals surface area contributed by atoms with Crippen molar-refractivity contribution in [3.8, 4) is 5.75 Å². The Kier molecular flexibility index (Phi) is 6.23. The second-order valence-electron chi connectivity index (χ2n) is 5.54. The van der Waals surface area contributed by atoms with Gasteiger partial charge in [0.25, 0.3) is 0 Å². The van der Waals surface area contributed by atoms with Gasteiger partial charge in [0.05, 0.1) is 12.3 Å². The van der Waals surface area contributed by atoms with Crippen molar-refractivity contribution in [3.63, 3.8) is 0 Å². The predicted molar refractivity (Wildman–Crippen MR) is 80.0 cm³/mol. The second kappa shape index (κ2) is 7.45. The van der Waals surface area contributed by atoms with Crippen LogP contribution >= 0.6 is 0 Å². The van der Waals surface area contributed by atoms with Crippen molar-refractivity contribution in [2.24, 2.45) is 5.92 Å². The summed E-state index contributed by atoms with van der Waals surface area (Å²) in [6.45, 7) is 10.6. The highest BCUT2D eigenvalue weighted by Gasteiger charge is 2.16. The van der Waals surface area contributed by atoms with E-state index in [0.29, 0.717) is 24.7 Å². The van der Waals surface area contributed by atoms with E-state index in [0.717, 1.165) is 18.8 Å². The SMILES string of the molecule is CCN(CCO)Cc1c(O)c(=O)cc(C)n1CC(C)C. The van der Waals surface area contributed by atoms with Gasteiger partial charge in [-0.3, -0.25) is 9.69 Å². The average Bonchev–Trinajstić information content (AvgIpc) is 2.38. The van der Waals surface area contributed by atoms with Crippen LogP contribution in [0.3, 0.4) is 0 Å². The normalized spacial score (nSPS) is 11.6. The van der Waals surface area contributed by atoms with Crippen molar-refractivity contribution in [1.82, 2.24) is 9.47 Å². The van der Waals surface area contributed by atoms with Gasteiger partial charge in [-0.15, -0.1) is 0 Å². The molecule has 0 bridgehead atoms. The van der Waals surface area contributed by atoms with Crippen molar-refractivity contribution in [3.05, 3.63) is 27.7 Å². The molecule has 0 saturated heterocycles. The number of hydrogen-bond donors (Lipinski definition) is 2. The molecule has 0 unspecified atom stereocenters. The largest absolute Gasteiger partial charge is 0.503 e. The Balaban J connectivity index is 3.22. The lowest BCUT2D eigenvalue weighted by Gasteiger charge is -2.25. The van der Waals surface area contributed by atoms with Crippen LogP contribution in [0, 0.1) is 12.8 Å². The summed E-state index contributed by atoms with van der Waals surface area (Å²) in [6.07, 6.45) is 0. The molecule has 1 aromatic rings. The minimum atomic E-state index is -0.336. The zero-order chi connectivity index (χ0) is 15.3. The van der Waals surface area contributed by atoms with Crippen LogP contribution in [0.4, 0.5) is 0 Å². The van der Waals surface area contributed by atoms with E-state index in [9.17, 15) is 9.90 Å². The van der Waals surface area contributed by atoms with E-state index >= 15 is 0 Å². The number of aryl methyl sites for hydroxylation is 1. The lowest BCUT2D eigenvalue weighted by atomic mass is 10.1. The van der Waals surface area contributed by atoms with Crippen LogP contribution in [0.5, 0.6) is 5.75 Å². The van der Waals surface area contributed by atoms with Crippen LogP contribution in [-0.2, 0) is 13.1 Å². The highest BCUT2D eigenvalue weighted by Crippen LogP contribution is 2.18. The van der Waals surface area contributed by atoms with Gasteiger partial charge in [0.15, 0.2) is 5.75 Å². The Morgan fingerprint density at radius 1 is 1.40 bits per heavy atom. The predicted octanol–water partition coefficient (Wildman–Crippen LogP) is 1.33. The van der Waals surface area contributed by atoms with Gasteiger partial charge < -0.3 is 14.8 Å². The maximum absolute atomic E-state index is 11.8. The van der Waals surface area contributed by atoms with Gasteiger partial charge in [-0.2, -0.15) is 0 Å². The molecule has 20 heavy (non-hydrogen) atoms. The molecular formula is C15H26N2O3. The molecule has 5 nitrogen and oxygen atoms in total. The van der Waals surface area contributed by atoms with E-state index in [1.54, 1.807) is 0 Å². The van der Waals surface area contributed by atoms with Crippen LogP contribution in [0.1, 0.15) is 32.2 Å². The van der Waals surface area contributed by atoms with Gasteiger partial charge in [0, 0.05) is 31.4 Å². The van der Waals surface area contributed by atoms with Crippen molar-refractivity contribution in [2.45, 2.75) is 40.8 Å². The minimum Gasteiger partial charge on any atom is -0.503 e. The number of rotatable bonds is 7. The number of aromatic hydroxyl groups is 1. The third-order valence-electron chi connectivity index (χ3n) is 3.38. The average molecular weight is 282 g/mol. The zero-order valence-electron chi connectivity index (χ0n) is 12.9. The van der Waals surface area contributed by atoms with Gasteiger partial charge >= 0.3 is 0 Å². The molecule has 0 amide bonds. The number of aliphatic hydroxyl groups is 1. The third kappa shape index (κ3) is 4.08. The summed E-state index contributed by atoms with van der Waals surface area (Å²) in [5.41, 5.74) is 1.16. The fourth-order valence-electron chi connectivity index (χ4n) is 2.30. The molecule has 0 saturated carbocycles. The van der Waals surface area contributed by atoms with Gasteiger partial charge in [-0.25, -0.2) is 0 Å². The lowest BCUT2D eigenvalue weighted by molar-refractivity contribution is 0.191. The Labute approximate surface area is 120 Å². The number of aromatic nitrogens is 1. The molecule has 1 heterocycles. The van der Waals surface area contributed by atoms with Gasteiger partial charge in [0.1, 0.15) is 0 Å². The number of aliphatic hydroxyl groups excluding tert-OH is 1. The molecular weight excluding hydrogens is 256 g/mol. The topological polar surface area (TPSA) is 65.7 Å². The molecule has 0 aliphatic carbocycles. The first-order valence-electron chi connectivity index (χ1n) is 7.16. The van der Waals surface area contributed by atoms with Crippen LogP contribution in [0.25, 0.3) is 0 Å². The number of nitrogens with zero attached hydrogens (tertiary/aromatic N) is 2. The Morgan fingerprint density at radius 2 is 2.05 bits per heavy atom. The summed E-state index contributed by atoms with van der Waals surface area (Å²) in [5.74, 6) is 0.245. The number of pyridine rings is 1. The fourth-order valence-corrected chi connectivity index (χ4v) is 2.30. The first kappa shape index (κ1) is 16.7. The van der Waals surface area contributed by atoms with Gasteiger partial charge in [-0.05, 0) is 19.4 Å². The van der Waals surface area contributed by atoms with Crippen molar-refractivity contribution >= 4 is 0 Å². The molecule has 0 radical (unpaired) electrons. The van der Waals surface area contributed by atoms with Crippen LogP contribution in [0.2, 0.25) is 0 Å². The van der Waals surface area contributed by atoms with Gasteiger partial charge in [0.2, 0.25) is 5.43 Å². The molecule has 1 aromatic heterocycles. The fraction of sp³-hybridized carbons (Fsp3) is 0.667. The molecule has 114 valence electrons. The van der Waals surface area contributed by atoms with Crippen molar-refractivity contribution in [2.75, 3.05) is 19.7 Å². The molecule has 2 N–H and O–H groups in total. The maximum atomic E-state index is 11.8. The van der Waals surface area contributed by atoms with Crippen LogP contribution in [-0.4, -0.2) is 39.4 Å². The minimum absolute atomic E-state index is 0.0643. The van der Waals surface area contributed by atoms with Crippen LogP contribution < -0.4 is 5.43 Å². The Morgan fingerprint density at radius 3 is 2.55 bits per heavy atom. The molecule has 0 aliphatic heterocycles. The maximum Gasteiger partial charge on any atom is 0.223 e. The number of hydrogen-bond acceptors (Lipinski definition) is 4. The quantitative estimate of drug-likeness (QED) is 0.792. The highest BCUT2D eigenvalue weighted by atomic mass is 16.3. The summed E-state index contributed by atoms with van der Waals surface area (Å²) in [6, 6.07) is 1.48. The Bertz CT molecular complexity index is 495. The van der Waals surface area contributed by atoms with Crippen molar-refractivity contribution < 1.29 is 10.2 Å². The van der Waals surface area contributed by atoms with E-state index < -0.39 is 0 Å². The molecule has 0 aromatic carbocycles. The summed E-state index contributed by atoms with van der Waals surface area (Å²) in [7, 11) is 0. The van der Waals surface area contributed by atoms with Crippen LogP contribution in [0.15, 0.2) is 10.9 Å². The van der Waals surface area contributed by atoms with E-state index in [1.807, 2.05) is 23.3 Å². The number of likely N-dealkylation sites (N-methyl/N-ethyl adjacent to an activating group) is 1. The van der Waals surface area contributed by atoms with Gasteiger partial charge in [-0.1, -0.05) is 20.8 Å². The summed E-state index contributed by atoms with van der Waals surface area (Å²) in [5, 5.41) is 19.2. The van der Waals surface area contributed by atoms with E-state index in [2.05, 4.69) is 13.8 Å². The second-order valence-corrected chi connectivity index (χ2v) is 5.54. The molecule has 1 rings (SSSR count). The molecule has 0 aliphatic rings. The smallest absolute Gasteiger partial charge is 0.223 e. The van der Waals surface area contributed by atoms with E-state index in [4.69, 9.17) is 5.11 Å². The molecule has 0 atom stereocenters. The molecule has 0 fully saturated rings.